The molecule has 2 N–H and O–H groups in total. The van der Waals surface area contributed by atoms with Crippen molar-refractivity contribution in [1.29, 1.82) is 0 Å². The Balaban J connectivity index is 1.56. The van der Waals surface area contributed by atoms with Crippen molar-refractivity contribution < 1.29 is 4.74 Å². The highest BCUT2D eigenvalue weighted by Crippen LogP contribution is 2.51. The first-order chi connectivity index (χ1) is 12.8. The molecule has 0 amide bonds. The van der Waals surface area contributed by atoms with Crippen LogP contribution in [-0.4, -0.2) is 11.6 Å². The lowest BCUT2D eigenvalue weighted by Crippen LogP contribution is -2.28. The Hall–Kier alpha value is -2.94. The van der Waals surface area contributed by atoms with Gasteiger partial charge >= 0.3 is 0 Å². The Morgan fingerprint density at radius 1 is 1.15 bits per heavy atom. The normalized spacial score (nSPS) is 23.3. The largest absolute Gasteiger partial charge is 0.490 e. The van der Waals surface area contributed by atoms with E-state index in [0.29, 0.717) is 24.5 Å². The van der Waals surface area contributed by atoms with E-state index in [1.807, 2.05) is 6.07 Å². The number of para-hydroxylation sites is 1. The van der Waals surface area contributed by atoms with E-state index in [1.165, 1.54) is 27.7 Å². The number of aromatic amines is 1. The SMILES string of the molecule is C=CCOc1ccc2c(c1)C1C=CCC1C(c1c[nH]c3ccccc13)N2. The van der Waals surface area contributed by atoms with Crippen LogP contribution in [0.3, 0.4) is 0 Å². The molecule has 2 heterocycles. The monoisotopic (exact) mass is 342 g/mol. The van der Waals surface area contributed by atoms with Crippen LogP contribution in [0.2, 0.25) is 0 Å². The highest BCUT2D eigenvalue weighted by atomic mass is 16.5. The molecule has 0 bridgehead atoms. The fraction of sp³-hybridized carbons (Fsp3) is 0.217. The molecule has 0 fully saturated rings. The van der Waals surface area contributed by atoms with Gasteiger partial charge in [0, 0.05) is 28.7 Å². The minimum atomic E-state index is 0.304. The lowest BCUT2D eigenvalue weighted by Gasteiger charge is -2.37. The Labute approximate surface area is 153 Å². The van der Waals surface area contributed by atoms with Gasteiger partial charge in [-0.2, -0.15) is 0 Å². The zero-order valence-electron chi connectivity index (χ0n) is 14.6. The van der Waals surface area contributed by atoms with Gasteiger partial charge in [-0.25, -0.2) is 0 Å². The number of ether oxygens (including phenoxy) is 1. The Kier molecular flexibility index (Phi) is 3.59. The number of anilines is 1. The molecule has 3 aromatic rings. The van der Waals surface area contributed by atoms with E-state index in [1.54, 1.807) is 6.08 Å². The average Bonchev–Trinajstić information content (AvgIpc) is 3.33. The van der Waals surface area contributed by atoms with Crippen molar-refractivity contribution >= 4 is 16.6 Å². The number of H-pyrrole nitrogens is 1. The third-order valence-corrected chi connectivity index (χ3v) is 5.66. The molecule has 1 aliphatic carbocycles. The first-order valence-electron chi connectivity index (χ1n) is 9.22. The second-order valence-corrected chi connectivity index (χ2v) is 7.11. The van der Waals surface area contributed by atoms with Gasteiger partial charge in [0.1, 0.15) is 12.4 Å². The lowest BCUT2D eigenvalue weighted by atomic mass is 9.77. The molecule has 130 valence electrons. The third-order valence-electron chi connectivity index (χ3n) is 5.66. The van der Waals surface area contributed by atoms with E-state index >= 15 is 0 Å². The van der Waals surface area contributed by atoms with Crippen LogP contribution in [0.25, 0.3) is 10.9 Å². The molecule has 1 aromatic heterocycles. The fourth-order valence-corrected chi connectivity index (χ4v) is 4.48. The van der Waals surface area contributed by atoms with E-state index in [-0.39, 0.29) is 0 Å². The number of fused-ring (bicyclic) bond motifs is 4. The molecule has 5 rings (SSSR count). The molecule has 3 atom stereocenters. The maximum absolute atomic E-state index is 5.75. The van der Waals surface area contributed by atoms with Crippen molar-refractivity contribution in [3.8, 4) is 5.75 Å². The molecule has 1 aliphatic heterocycles. The van der Waals surface area contributed by atoms with Crippen LogP contribution >= 0.6 is 0 Å². The van der Waals surface area contributed by atoms with Crippen LogP contribution in [0, 0.1) is 5.92 Å². The summed E-state index contributed by atoms with van der Waals surface area (Å²) in [6, 6.07) is 15.2. The molecular weight excluding hydrogens is 320 g/mol. The zero-order chi connectivity index (χ0) is 17.5. The van der Waals surface area contributed by atoms with Gasteiger partial charge < -0.3 is 15.0 Å². The van der Waals surface area contributed by atoms with Crippen molar-refractivity contribution in [2.75, 3.05) is 11.9 Å². The molecule has 0 saturated heterocycles. The Morgan fingerprint density at radius 3 is 3.00 bits per heavy atom. The van der Waals surface area contributed by atoms with Gasteiger partial charge in [0.2, 0.25) is 0 Å². The minimum absolute atomic E-state index is 0.304. The minimum Gasteiger partial charge on any atom is -0.490 e. The first-order valence-corrected chi connectivity index (χ1v) is 9.22. The number of aromatic nitrogens is 1. The molecule has 26 heavy (non-hydrogen) atoms. The fourth-order valence-electron chi connectivity index (χ4n) is 4.48. The summed E-state index contributed by atoms with van der Waals surface area (Å²) in [5, 5.41) is 5.12. The maximum atomic E-state index is 5.75. The molecule has 0 saturated carbocycles. The van der Waals surface area contributed by atoms with Gasteiger partial charge in [-0.3, -0.25) is 0 Å². The second kappa shape index (κ2) is 6.10. The molecule has 0 radical (unpaired) electrons. The molecule has 2 aromatic carbocycles. The van der Waals surface area contributed by atoms with Crippen molar-refractivity contribution in [2.24, 2.45) is 5.92 Å². The highest BCUT2D eigenvalue weighted by molar-refractivity contribution is 5.84. The summed E-state index contributed by atoms with van der Waals surface area (Å²) in [6.45, 7) is 4.26. The van der Waals surface area contributed by atoms with Crippen LogP contribution in [-0.2, 0) is 0 Å². The van der Waals surface area contributed by atoms with Gasteiger partial charge in [0.25, 0.3) is 0 Å². The topological polar surface area (TPSA) is 37.0 Å². The number of nitrogens with one attached hydrogen (secondary N) is 2. The van der Waals surface area contributed by atoms with Crippen molar-refractivity contribution in [1.82, 2.24) is 4.98 Å². The van der Waals surface area contributed by atoms with Gasteiger partial charge in [-0.15, -0.1) is 0 Å². The van der Waals surface area contributed by atoms with Crippen molar-refractivity contribution in [3.63, 3.8) is 0 Å². The van der Waals surface area contributed by atoms with Gasteiger partial charge in [0.15, 0.2) is 0 Å². The maximum Gasteiger partial charge on any atom is 0.120 e. The predicted octanol–water partition coefficient (Wildman–Crippen LogP) is 5.56. The number of allylic oxidation sites excluding steroid dienone is 2. The van der Waals surface area contributed by atoms with E-state index in [4.69, 9.17) is 4.74 Å². The van der Waals surface area contributed by atoms with Crippen LogP contribution in [0.1, 0.15) is 29.5 Å². The standard InChI is InChI=1S/C23H22N2O/c1-2-12-26-15-10-11-22-19(13-15)16-7-5-8-18(16)23(25-22)20-14-24-21-9-4-3-6-17(20)21/h2-7,9-11,13-14,16,18,23-25H,1,8,12H2. The summed E-state index contributed by atoms with van der Waals surface area (Å²) in [6.07, 6.45) is 9.74. The summed E-state index contributed by atoms with van der Waals surface area (Å²) in [7, 11) is 0. The molecule has 3 heteroatoms. The molecule has 2 aliphatic rings. The van der Waals surface area contributed by atoms with E-state index < -0.39 is 0 Å². The first kappa shape index (κ1) is 15.3. The Bertz CT molecular complexity index is 1000. The smallest absolute Gasteiger partial charge is 0.120 e. The molecule has 0 spiro atoms. The van der Waals surface area contributed by atoms with E-state index in [2.05, 4.69) is 71.6 Å². The average molecular weight is 342 g/mol. The lowest BCUT2D eigenvalue weighted by molar-refractivity contribution is 0.361. The molecule has 3 unspecified atom stereocenters. The number of hydrogen-bond donors (Lipinski definition) is 2. The second-order valence-electron chi connectivity index (χ2n) is 7.11. The van der Waals surface area contributed by atoms with Crippen LogP contribution in [0.4, 0.5) is 5.69 Å². The van der Waals surface area contributed by atoms with E-state index in [9.17, 15) is 0 Å². The summed E-state index contributed by atoms with van der Waals surface area (Å²) >= 11 is 0. The highest BCUT2D eigenvalue weighted by Gasteiger charge is 2.38. The molecule has 3 nitrogen and oxygen atoms in total. The predicted molar refractivity (Wildman–Crippen MR) is 107 cm³/mol. The van der Waals surface area contributed by atoms with Crippen molar-refractivity contribution in [3.05, 3.63) is 84.6 Å². The van der Waals surface area contributed by atoms with Crippen molar-refractivity contribution in [2.45, 2.75) is 18.4 Å². The summed E-state index contributed by atoms with van der Waals surface area (Å²) in [4.78, 5) is 3.43. The number of benzene rings is 2. The summed E-state index contributed by atoms with van der Waals surface area (Å²) < 4.78 is 5.75. The van der Waals surface area contributed by atoms with Gasteiger partial charge in [-0.05, 0) is 47.7 Å². The number of rotatable bonds is 4. The van der Waals surface area contributed by atoms with E-state index in [0.717, 1.165) is 12.2 Å². The van der Waals surface area contributed by atoms with Crippen LogP contribution in [0.15, 0.2) is 73.5 Å². The zero-order valence-corrected chi connectivity index (χ0v) is 14.6. The molecular formula is C23H22N2O. The van der Waals surface area contributed by atoms with Gasteiger partial charge in [0.05, 0.1) is 6.04 Å². The Morgan fingerprint density at radius 2 is 2.08 bits per heavy atom. The van der Waals surface area contributed by atoms with Crippen LogP contribution in [0.5, 0.6) is 5.75 Å². The summed E-state index contributed by atoms with van der Waals surface area (Å²) in [5.41, 5.74) is 5.10. The number of hydrogen-bond acceptors (Lipinski definition) is 2. The quantitative estimate of drug-likeness (QED) is 0.609. The summed E-state index contributed by atoms with van der Waals surface area (Å²) in [5.74, 6) is 1.86. The van der Waals surface area contributed by atoms with Crippen LogP contribution < -0.4 is 10.1 Å². The third kappa shape index (κ3) is 2.35. The van der Waals surface area contributed by atoms with Gasteiger partial charge in [-0.1, -0.05) is 43.0 Å².